The first-order valence-electron chi connectivity index (χ1n) is 10.2. The van der Waals surface area contributed by atoms with Crippen molar-refractivity contribution in [3.05, 3.63) is 83.7 Å². The van der Waals surface area contributed by atoms with Gasteiger partial charge in [-0.1, -0.05) is 18.2 Å². The van der Waals surface area contributed by atoms with Crippen LogP contribution in [0.2, 0.25) is 0 Å². The Bertz CT molecular complexity index is 1100. The quantitative estimate of drug-likeness (QED) is 0.396. The third kappa shape index (κ3) is 6.74. The average molecular weight is 474 g/mol. The Labute approximate surface area is 194 Å². The summed E-state index contributed by atoms with van der Waals surface area (Å²) >= 11 is -1.48. The van der Waals surface area contributed by atoms with Gasteiger partial charge in [0.1, 0.15) is 16.4 Å². The Morgan fingerprint density at radius 1 is 1.12 bits per heavy atom. The van der Waals surface area contributed by atoms with Crippen molar-refractivity contribution in [3.63, 3.8) is 0 Å². The van der Waals surface area contributed by atoms with E-state index in [-0.39, 0.29) is 6.42 Å². The first-order chi connectivity index (χ1) is 15.5. The van der Waals surface area contributed by atoms with Crippen LogP contribution in [0.3, 0.4) is 0 Å². The predicted octanol–water partition coefficient (Wildman–Crippen LogP) is 5.45. The molecule has 0 aliphatic carbocycles. The molecule has 6 nitrogen and oxygen atoms in total. The molecule has 0 aliphatic heterocycles. The highest BCUT2D eigenvalue weighted by Gasteiger charge is 2.31. The molecule has 0 saturated carbocycles. The van der Waals surface area contributed by atoms with E-state index in [2.05, 4.69) is 15.0 Å². The number of amides is 1. The van der Waals surface area contributed by atoms with Gasteiger partial charge in [0, 0.05) is 34.9 Å². The average Bonchev–Trinajstić information content (AvgIpc) is 2.72. The molecule has 0 spiro atoms. The van der Waals surface area contributed by atoms with Crippen LogP contribution in [0.25, 0.3) is 11.1 Å². The summed E-state index contributed by atoms with van der Waals surface area (Å²) in [7, 11) is 0. The summed E-state index contributed by atoms with van der Waals surface area (Å²) in [6.07, 6.45) is 0.584. The highest BCUT2D eigenvalue weighted by atomic mass is 32.2. The third-order valence-electron chi connectivity index (χ3n) is 4.78. The lowest BCUT2D eigenvalue weighted by molar-refractivity contribution is 0.209. The second-order valence-corrected chi connectivity index (χ2v) is 10.5. The van der Waals surface area contributed by atoms with Crippen molar-refractivity contribution < 1.29 is 23.2 Å². The SMILES string of the molecule is CC(C)(C)[S@@+]([O-])NC(Cc1cc(F)cc(F)c1)c1ncccc1-c1ccc(NC(=O)O)cc1. The van der Waals surface area contributed by atoms with Gasteiger partial charge < -0.3 is 9.66 Å². The number of aromatic nitrogens is 1. The van der Waals surface area contributed by atoms with Gasteiger partial charge in [-0.2, -0.15) is 0 Å². The summed E-state index contributed by atoms with van der Waals surface area (Å²) in [5, 5.41) is 11.2. The van der Waals surface area contributed by atoms with Crippen molar-refractivity contribution in [2.24, 2.45) is 0 Å². The predicted molar refractivity (Wildman–Crippen MR) is 125 cm³/mol. The summed E-state index contributed by atoms with van der Waals surface area (Å²) < 4.78 is 43.1. The van der Waals surface area contributed by atoms with Gasteiger partial charge in [-0.3, -0.25) is 10.3 Å². The first kappa shape index (κ1) is 24.6. The maximum atomic E-state index is 13.8. The number of anilines is 1. The number of benzene rings is 2. The van der Waals surface area contributed by atoms with Gasteiger partial charge in [-0.05, 0) is 68.7 Å². The number of halogens is 2. The van der Waals surface area contributed by atoms with E-state index in [4.69, 9.17) is 5.11 Å². The number of nitrogens with one attached hydrogen (secondary N) is 2. The highest BCUT2D eigenvalue weighted by molar-refractivity contribution is 7.90. The van der Waals surface area contributed by atoms with Gasteiger partial charge in [-0.15, -0.1) is 4.72 Å². The Kier molecular flexibility index (Phi) is 7.68. The van der Waals surface area contributed by atoms with Crippen LogP contribution < -0.4 is 10.0 Å². The zero-order chi connectivity index (χ0) is 24.2. The van der Waals surface area contributed by atoms with Gasteiger partial charge in [0.05, 0.1) is 11.7 Å². The van der Waals surface area contributed by atoms with Crippen LogP contribution >= 0.6 is 0 Å². The fourth-order valence-electron chi connectivity index (χ4n) is 3.26. The topological polar surface area (TPSA) is 97.3 Å². The molecule has 0 aliphatic rings. The van der Waals surface area contributed by atoms with Gasteiger partial charge in [0.15, 0.2) is 0 Å². The zero-order valence-corrected chi connectivity index (χ0v) is 19.2. The summed E-state index contributed by atoms with van der Waals surface area (Å²) in [5.41, 5.74) is 2.84. The van der Waals surface area contributed by atoms with E-state index in [1.54, 1.807) is 36.5 Å². The van der Waals surface area contributed by atoms with E-state index in [0.717, 1.165) is 17.2 Å². The van der Waals surface area contributed by atoms with Crippen molar-refractivity contribution in [1.29, 1.82) is 0 Å². The van der Waals surface area contributed by atoms with E-state index >= 15 is 0 Å². The molecular formula is C24H25F2N3O3S. The molecule has 3 N–H and O–H groups in total. The van der Waals surface area contributed by atoms with Gasteiger partial charge in [0.25, 0.3) is 0 Å². The molecule has 0 bridgehead atoms. The number of carbonyl (C=O) groups is 1. The Balaban J connectivity index is 2.02. The Hall–Kier alpha value is -3.01. The molecule has 0 radical (unpaired) electrons. The van der Waals surface area contributed by atoms with E-state index in [0.29, 0.717) is 16.9 Å². The molecule has 33 heavy (non-hydrogen) atoms. The lowest BCUT2D eigenvalue weighted by atomic mass is 9.96. The minimum atomic E-state index is -1.48. The highest BCUT2D eigenvalue weighted by Crippen LogP contribution is 2.31. The molecule has 1 heterocycles. The summed E-state index contributed by atoms with van der Waals surface area (Å²) in [4.78, 5) is 15.4. The smallest absolute Gasteiger partial charge is 0.409 e. The maximum Gasteiger partial charge on any atom is 0.409 e. The standard InChI is InChI=1S/C24H25F2N3O3S/c1-24(2,3)33(32)29-21(13-15-11-17(25)14-18(26)12-15)22-20(5-4-10-27-22)16-6-8-19(9-7-16)28-23(30)31/h4-12,14,21,28-29H,13H2,1-3H3,(H,30,31)/t21?,33-/m1/s1. The van der Waals surface area contributed by atoms with Crippen molar-refractivity contribution in [2.45, 2.75) is 38.0 Å². The Morgan fingerprint density at radius 2 is 1.76 bits per heavy atom. The van der Waals surface area contributed by atoms with Crippen LogP contribution in [0.15, 0.2) is 60.8 Å². The van der Waals surface area contributed by atoms with Gasteiger partial charge in [-0.25, -0.2) is 13.6 Å². The molecule has 0 saturated heterocycles. The van der Waals surface area contributed by atoms with E-state index in [1.807, 2.05) is 26.8 Å². The second-order valence-electron chi connectivity index (χ2n) is 8.48. The molecule has 2 aromatic carbocycles. The minimum absolute atomic E-state index is 0.152. The van der Waals surface area contributed by atoms with E-state index < -0.39 is 39.9 Å². The second kappa shape index (κ2) is 10.3. The molecule has 1 aromatic heterocycles. The Morgan fingerprint density at radius 3 is 2.33 bits per heavy atom. The third-order valence-corrected chi connectivity index (χ3v) is 6.39. The molecule has 2 atom stereocenters. The van der Waals surface area contributed by atoms with Crippen LogP contribution in [0.4, 0.5) is 19.3 Å². The van der Waals surface area contributed by atoms with Gasteiger partial charge >= 0.3 is 6.09 Å². The molecule has 3 aromatic rings. The van der Waals surface area contributed by atoms with E-state index in [1.165, 1.54) is 12.1 Å². The lowest BCUT2D eigenvalue weighted by Crippen LogP contribution is -2.42. The molecular weight excluding hydrogens is 448 g/mol. The largest absolute Gasteiger partial charge is 0.598 e. The summed E-state index contributed by atoms with van der Waals surface area (Å²) in [6.45, 7) is 5.47. The zero-order valence-electron chi connectivity index (χ0n) is 18.4. The van der Waals surface area contributed by atoms with Crippen LogP contribution in [0, 0.1) is 11.6 Å². The van der Waals surface area contributed by atoms with Gasteiger partial charge in [0.2, 0.25) is 0 Å². The summed E-state index contributed by atoms with van der Waals surface area (Å²) in [5.74, 6) is -1.38. The molecule has 1 unspecified atom stereocenters. The number of pyridine rings is 1. The monoisotopic (exact) mass is 473 g/mol. The first-order valence-corrected chi connectivity index (χ1v) is 11.4. The molecule has 1 amide bonds. The molecule has 174 valence electrons. The normalized spacial score (nSPS) is 13.4. The van der Waals surface area contributed by atoms with Crippen LogP contribution in [0.1, 0.15) is 38.1 Å². The fourth-order valence-corrected chi connectivity index (χ4v) is 4.07. The molecule has 0 fully saturated rings. The number of nitrogens with zero attached hydrogens (tertiary/aromatic N) is 1. The van der Waals surface area contributed by atoms with E-state index in [9.17, 15) is 18.1 Å². The van der Waals surface area contributed by atoms with Crippen molar-refractivity contribution in [2.75, 3.05) is 5.32 Å². The number of hydrogen-bond donors (Lipinski definition) is 3. The van der Waals surface area contributed by atoms with Crippen LogP contribution in [-0.4, -0.2) is 25.5 Å². The molecule has 9 heteroatoms. The number of hydrogen-bond acceptors (Lipinski definition) is 4. The molecule has 3 rings (SSSR count). The van der Waals surface area contributed by atoms with Crippen LogP contribution in [-0.2, 0) is 17.8 Å². The summed E-state index contributed by atoms with van der Waals surface area (Å²) in [6, 6.07) is 13.0. The van der Waals surface area contributed by atoms with Crippen molar-refractivity contribution in [1.82, 2.24) is 9.71 Å². The van der Waals surface area contributed by atoms with Crippen LogP contribution in [0.5, 0.6) is 0 Å². The lowest BCUT2D eigenvalue weighted by Gasteiger charge is -2.28. The van der Waals surface area contributed by atoms with Crippen molar-refractivity contribution in [3.8, 4) is 11.1 Å². The van der Waals surface area contributed by atoms with Crippen molar-refractivity contribution >= 4 is 23.1 Å². The minimum Gasteiger partial charge on any atom is -0.598 e. The number of rotatable bonds is 7. The fraction of sp³-hybridized carbons (Fsp3) is 0.250. The number of carboxylic acid groups (broad SMARTS) is 1. The maximum absolute atomic E-state index is 13.8.